The topological polar surface area (TPSA) is 23.5 Å². The third kappa shape index (κ3) is 2.85. The molecular weight excluding hydrogens is 234 g/mol. The largest absolute Gasteiger partial charge is 0.392 e. The van der Waals surface area contributed by atoms with Crippen molar-refractivity contribution in [2.75, 3.05) is 19.6 Å². The number of hydrogen-bond acceptors (Lipinski definition) is 2. The van der Waals surface area contributed by atoms with Gasteiger partial charge in [0.2, 0.25) is 0 Å². The second-order valence-electron chi connectivity index (χ2n) is 8.09. The van der Waals surface area contributed by atoms with E-state index in [4.69, 9.17) is 0 Å². The Morgan fingerprint density at radius 2 is 1.79 bits per heavy atom. The van der Waals surface area contributed by atoms with Crippen molar-refractivity contribution in [1.29, 1.82) is 0 Å². The van der Waals surface area contributed by atoms with Gasteiger partial charge in [0.15, 0.2) is 0 Å². The molecule has 1 N–H and O–H groups in total. The minimum atomic E-state index is -0.0865. The Morgan fingerprint density at radius 1 is 1.05 bits per heavy atom. The van der Waals surface area contributed by atoms with Crippen molar-refractivity contribution < 1.29 is 5.11 Å². The fraction of sp³-hybridized carbons (Fsp3) is 1.00. The van der Waals surface area contributed by atoms with Crippen molar-refractivity contribution in [3.05, 3.63) is 0 Å². The first-order valence-electron chi connectivity index (χ1n) is 8.47. The lowest BCUT2D eigenvalue weighted by Gasteiger charge is -2.42. The van der Waals surface area contributed by atoms with Crippen molar-refractivity contribution in [3.8, 4) is 0 Å². The second kappa shape index (κ2) is 5.37. The highest BCUT2D eigenvalue weighted by Crippen LogP contribution is 2.42. The summed E-state index contributed by atoms with van der Waals surface area (Å²) in [7, 11) is 0. The van der Waals surface area contributed by atoms with E-state index in [9.17, 15) is 5.11 Å². The smallest absolute Gasteiger partial charge is 0.0631 e. The summed E-state index contributed by atoms with van der Waals surface area (Å²) in [5.41, 5.74) is 0.147. The highest BCUT2D eigenvalue weighted by molar-refractivity contribution is 4.93. The molecule has 2 nitrogen and oxygen atoms in total. The van der Waals surface area contributed by atoms with Crippen LogP contribution >= 0.6 is 0 Å². The molecule has 1 saturated heterocycles. The molecule has 19 heavy (non-hydrogen) atoms. The Hall–Kier alpha value is -0.0800. The van der Waals surface area contributed by atoms with Crippen molar-refractivity contribution in [3.63, 3.8) is 0 Å². The first kappa shape index (κ1) is 13.9. The molecule has 4 unspecified atom stereocenters. The van der Waals surface area contributed by atoms with E-state index in [0.717, 1.165) is 18.4 Å². The van der Waals surface area contributed by atoms with Crippen LogP contribution in [-0.4, -0.2) is 35.7 Å². The van der Waals surface area contributed by atoms with E-state index in [1.165, 1.54) is 58.0 Å². The van der Waals surface area contributed by atoms with Crippen molar-refractivity contribution in [2.24, 2.45) is 23.2 Å². The predicted octanol–water partition coefficient (Wildman–Crippen LogP) is 3.30. The number of nitrogens with zero attached hydrogens (tertiary/aromatic N) is 1. The second-order valence-corrected chi connectivity index (χ2v) is 8.09. The number of piperidine rings is 1. The molecule has 0 bridgehead atoms. The van der Waals surface area contributed by atoms with E-state index in [2.05, 4.69) is 18.7 Å². The zero-order chi connectivity index (χ0) is 13.5. The number of aliphatic hydroxyl groups excluding tert-OH is 1. The van der Waals surface area contributed by atoms with Crippen LogP contribution in [0.2, 0.25) is 0 Å². The van der Waals surface area contributed by atoms with Crippen LogP contribution in [0, 0.1) is 23.2 Å². The number of fused-ring (bicyclic) bond motifs is 1. The summed E-state index contributed by atoms with van der Waals surface area (Å²) < 4.78 is 0. The van der Waals surface area contributed by atoms with Gasteiger partial charge in [-0.25, -0.2) is 0 Å². The van der Waals surface area contributed by atoms with E-state index in [1.54, 1.807) is 0 Å². The van der Waals surface area contributed by atoms with Gasteiger partial charge in [-0.1, -0.05) is 33.1 Å². The van der Waals surface area contributed by atoms with Gasteiger partial charge in [-0.3, -0.25) is 0 Å². The number of hydrogen-bond donors (Lipinski definition) is 1. The maximum absolute atomic E-state index is 10.5. The lowest BCUT2D eigenvalue weighted by atomic mass is 9.75. The van der Waals surface area contributed by atoms with Crippen LogP contribution in [0.1, 0.15) is 58.8 Å². The number of rotatable bonds is 2. The molecule has 3 aliphatic rings. The summed E-state index contributed by atoms with van der Waals surface area (Å²) in [6.45, 7) is 8.20. The molecule has 1 aliphatic heterocycles. The van der Waals surface area contributed by atoms with Gasteiger partial charge in [-0.2, -0.15) is 0 Å². The molecule has 0 aromatic carbocycles. The molecule has 0 aromatic rings. The van der Waals surface area contributed by atoms with Gasteiger partial charge < -0.3 is 10.0 Å². The Kier molecular flexibility index (Phi) is 3.92. The Balaban J connectivity index is 1.54. The molecule has 3 rings (SSSR count). The molecule has 4 atom stereocenters. The standard InChI is InChI=1S/C17H31NO/c1-17(2)9-7-15(16(17)19)12-18-10-8-13-5-3-4-6-14(13)11-18/h13-16,19H,3-12H2,1-2H3. The third-order valence-corrected chi connectivity index (χ3v) is 6.27. The Labute approximate surface area is 118 Å². The molecule has 2 saturated carbocycles. The first-order valence-corrected chi connectivity index (χ1v) is 8.47. The average molecular weight is 265 g/mol. The van der Waals surface area contributed by atoms with Crippen molar-refractivity contribution >= 4 is 0 Å². The molecule has 0 amide bonds. The molecule has 2 heteroatoms. The predicted molar refractivity (Wildman–Crippen MR) is 79.0 cm³/mol. The van der Waals surface area contributed by atoms with E-state index in [-0.39, 0.29) is 11.5 Å². The van der Waals surface area contributed by atoms with Gasteiger partial charge in [0.05, 0.1) is 6.10 Å². The Morgan fingerprint density at radius 3 is 2.47 bits per heavy atom. The minimum Gasteiger partial charge on any atom is -0.392 e. The van der Waals surface area contributed by atoms with E-state index in [0.29, 0.717) is 5.92 Å². The van der Waals surface area contributed by atoms with E-state index >= 15 is 0 Å². The van der Waals surface area contributed by atoms with Crippen molar-refractivity contribution in [2.45, 2.75) is 64.9 Å². The number of likely N-dealkylation sites (tertiary alicyclic amines) is 1. The molecule has 1 heterocycles. The van der Waals surface area contributed by atoms with Crippen molar-refractivity contribution in [1.82, 2.24) is 4.90 Å². The van der Waals surface area contributed by atoms with E-state index in [1.807, 2.05) is 0 Å². The molecule has 3 fully saturated rings. The zero-order valence-electron chi connectivity index (χ0n) is 12.8. The summed E-state index contributed by atoms with van der Waals surface area (Å²) in [5, 5.41) is 10.5. The van der Waals surface area contributed by atoms with Crippen LogP contribution in [0.15, 0.2) is 0 Å². The monoisotopic (exact) mass is 265 g/mol. The van der Waals surface area contributed by atoms with Crippen LogP contribution in [0.5, 0.6) is 0 Å². The summed E-state index contributed by atoms with van der Waals surface area (Å²) in [6, 6.07) is 0. The molecule has 0 aromatic heterocycles. The van der Waals surface area contributed by atoms with Gasteiger partial charge in [0.1, 0.15) is 0 Å². The van der Waals surface area contributed by atoms with Gasteiger partial charge in [0.25, 0.3) is 0 Å². The Bertz CT molecular complexity index is 314. The molecule has 0 spiro atoms. The van der Waals surface area contributed by atoms with Gasteiger partial charge in [0, 0.05) is 13.1 Å². The number of aliphatic hydroxyl groups is 1. The molecule has 0 radical (unpaired) electrons. The molecule has 2 aliphatic carbocycles. The van der Waals surface area contributed by atoms with Gasteiger partial charge in [-0.15, -0.1) is 0 Å². The zero-order valence-corrected chi connectivity index (χ0v) is 12.8. The summed E-state index contributed by atoms with van der Waals surface area (Å²) in [5.74, 6) is 2.51. The fourth-order valence-corrected chi connectivity index (χ4v) is 4.87. The van der Waals surface area contributed by atoms with Crippen LogP contribution in [0.3, 0.4) is 0 Å². The summed E-state index contributed by atoms with van der Waals surface area (Å²) in [6.07, 6.45) is 9.60. The third-order valence-electron chi connectivity index (χ3n) is 6.27. The highest BCUT2D eigenvalue weighted by atomic mass is 16.3. The molecular formula is C17H31NO. The molecule has 110 valence electrons. The van der Waals surface area contributed by atoms with Crippen LogP contribution in [0.4, 0.5) is 0 Å². The summed E-state index contributed by atoms with van der Waals surface area (Å²) in [4.78, 5) is 2.67. The van der Waals surface area contributed by atoms with Gasteiger partial charge in [-0.05, 0) is 55.4 Å². The highest BCUT2D eigenvalue weighted by Gasteiger charge is 2.42. The normalized spacial score (nSPS) is 43.1. The summed E-state index contributed by atoms with van der Waals surface area (Å²) >= 11 is 0. The maximum atomic E-state index is 10.5. The van der Waals surface area contributed by atoms with Crippen LogP contribution in [-0.2, 0) is 0 Å². The average Bonchev–Trinajstić information content (AvgIpc) is 2.66. The fourth-order valence-electron chi connectivity index (χ4n) is 4.87. The quantitative estimate of drug-likeness (QED) is 0.828. The lowest BCUT2D eigenvalue weighted by Crippen LogP contribution is -2.45. The maximum Gasteiger partial charge on any atom is 0.0631 e. The van der Waals surface area contributed by atoms with Crippen LogP contribution < -0.4 is 0 Å². The lowest BCUT2D eigenvalue weighted by molar-refractivity contribution is 0.0158. The van der Waals surface area contributed by atoms with Crippen LogP contribution in [0.25, 0.3) is 0 Å². The SMILES string of the molecule is CC1(C)CCC(CN2CCC3CCCCC3C2)C1O. The first-order chi connectivity index (χ1) is 9.06. The minimum absolute atomic E-state index is 0.0865. The van der Waals surface area contributed by atoms with Gasteiger partial charge >= 0.3 is 0 Å². The van der Waals surface area contributed by atoms with E-state index < -0.39 is 0 Å².